The molecule has 0 aliphatic rings. The summed E-state index contributed by atoms with van der Waals surface area (Å²) in [7, 11) is 0. The van der Waals surface area contributed by atoms with Gasteiger partial charge in [0.1, 0.15) is 12.7 Å². The zero-order valence-corrected chi connectivity index (χ0v) is 7.29. The second-order valence-corrected chi connectivity index (χ2v) is 2.37. The quantitative estimate of drug-likeness (QED) is 0.350. The number of nitro groups is 3. The fraction of sp³-hybridized carbons (Fsp3) is 0.250. The van der Waals surface area contributed by atoms with E-state index in [0.717, 1.165) is 0 Å². The van der Waals surface area contributed by atoms with Crippen molar-refractivity contribution < 1.29 is 14.8 Å². The lowest BCUT2D eigenvalue weighted by Gasteiger charge is -2.05. The largest absolute Gasteiger partial charge is 0.763 e. The summed E-state index contributed by atoms with van der Waals surface area (Å²) in [5.41, 5.74) is 0. The zero-order chi connectivity index (χ0) is 12.3. The van der Waals surface area contributed by atoms with Gasteiger partial charge in [-0.1, -0.05) is 0 Å². The van der Waals surface area contributed by atoms with E-state index in [4.69, 9.17) is 0 Å². The highest BCUT2D eigenvalue weighted by atomic mass is 16.7. The summed E-state index contributed by atoms with van der Waals surface area (Å²) in [6, 6.07) is 0. The van der Waals surface area contributed by atoms with Gasteiger partial charge in [-0.25, -0.2) is 4.98 Å². The fourth-order valence-corrected chi connectivity index (χ4v) is 0.857. The first kappa shape index (κ1) is 11.3. The van der Waals surface area contributed by atoms with E-state index in [0.29, 0.717) is 12.7 Å². The Labute approximate surface area is 85.4 Å². The Morgan fingerprint density at radius 1 is 0.938 bits per heavy atom. The molecule has 0 saturated heterocycles. The molecule has 1 rings (SSSR count). The van der Waals surface area contributed by atoms with Crippen LogP contribution >= 0.6 is 0 Å². The zero-order valence-electron chi connectivity index (χ0n) is 7.29. The van der Waals surface area contributed by atoms with Crippen LogP contribution in [0.15, 0.2) is 12.7 Å². The highest BCUT2D eigenvalue weighted by Gasteiger charge is 2.75. The minimum Gasteiger partial charge on any atom is -0.252 e. The van der Waals surface area contributed by atoms with Gasteiger partial charge in [-0.05, 0) is 0 Å². The van der Waals surface area contributed by atoms with E-state index in [1.807, 2.05) is 0 Å². The molecule has 0 aliphatic carbocycles. The Kier molecular flexibility index (Phi) is 2.65. The fourth-order valence-electron chi connectivity index (χ4n) is 0.857. The summed E-state index contributed by atoms with van der Waals surface area (Å²) in [5, 5.41) is 31.6. The maximum absolute atomic E-state index is 10.5. The Balaban J connectivity index is 3.52. The van der Waals surface area contributed by atoms with Gasteiger partial charge in [0, 0.05) is 0 Å². The van der Waals surface area contributed by atoms with Crippen molar-refractivity contribution in [2.75, 3.05) is 0 Å². The van der Waals surface area contributed by atoms with Gasteiger partial charge in [-0.15, -0.1) is 0 Å². The maximum atomic E-state index is 10.5. The van der Waals surface area contributed by atoms with E-state index in [-0.39, 0.29) is 0 Å². The average Bonchev–Trinajstić information content (AvgIpc) is 2.18. The van der Waals surface area contributed by atoms with Gasteiger partial charge in [-0.2, -0.15) is 9.97 Å². The average molecular weight is 230 g/mol. The molecule has 0 spiro atoms. The Morgan fingerprint density at radius 3 is 1.62 bits per heavy atom. The van der Waals surface area contributed by atoms with Crippen LogP contribution in [0.1, 0.15) is 5.82 Å². The summed E-state index contributed by atoms with van der Waals surface area (Å²) < 4.78 is 0. The van der Waals surface area contributed by atoms with Crippen molar-refractivity contribution in [2.45, 2.75) is 5.79 Å². The van der Waals surface area contributed by atoms with E-state index in [1.165, 1.54) is 0 Å². The van der Waals surface area contributed by atoms with E-state index in [9.17, 15) is 30.3 Å². The Hall–Kier alpha value is -2.79. The highest BCUT2D eigenvalue weighted by Crippen LogP contribution is 2.22. The molecular formula is C4H2N6O6. The predicted octanol–water partition coefficient (Wildman–Crippen LogP) is -1.19. The van der Waals surface area contributed by atoms with Crippen molar-refractivity contribution in [3.63, 3.8) is 0 Å². The first-order valence-corrected chi connectivity index (χ1v) is 3.50. The van der Waals surface area contributed by atoms with Crippen LogP contribution in [0.3, 0.4) is 0 Å². The standard InChI is InChI=1S/C4H2N6O6/c11-8(12)4(9(13)14,10(15)16)3-6-1-5-2-7-3/h1-2H. The van der Waals surface area contributed by atoms with Crippen LogP contribution in [0.25, 0.3) is 0 Å². The predicted molar refractivity (Wildman–Crippen MR) is 42.5 cm³/mol. The van der Waals surface area contributed by atoms with Crippen LogP contribution < -0.4 is 0 Å². The van der Waals surface area contributed by atoms with Crippen molar-refractivity contribution in [3.05, 3.63) is 48.8 Å². The second kappa shape index (κ2) is 3.76. The second-order valence-electron chi connectivity index (χ2n) is 2.37. The van der Waals surface area contributed by atoms with Gasteiger partial charge >= 0.3 is 11.6 Å². The van der Waals surface area contributed by atoms with Gasteiger partial charge < -0.3 is 0 Å². The van der Waals surface area contributed by atoms with Crippen LogP contribution in [0, 0.1) is 30.3 Å². The minimum atomic E-state index is -3.80. The third-order valence-corrected chi connectivity index (χ3v) is 1.56. The molecule has 0 atom stereocenters. The minimum absolute atomic E-state index is 0.688. The summed E-state index contributed by atoms with van der Waals surface area (Å²) in [5.74, 6) is -4.97. The van der Waals surface area contributed by atoms with Gasteiger partial charge in [0.15, 0.2) is 14.8 Å². The van der Waals surface area contributed by atoms with Crippen molar-refractivity contribution in [1.82, 2.24) is 15.0 Å². The highest BCUT2D eigenvalue weighted by molar-refractivity contribution is 4.87. The first-order valence-electron chi connectivity index (χ1n) is 3.50. The molecule has 0 N–H and O–H groups in total. The van der Waals surface area contributed by atoms with Gasteiger partial charge in [0.05, 0.1) is 0 Å². The lowest BCUT2D eigenvalue weighted by molar-refractivity contribution is -0.987. The molecule has 0 bridgehead atoms. The molecule has 1 aromatic rings. The van der Waals surface area contributed by atoms with Crippen molar-refractivity contribution >= 4 is 0 Å². The molecule has 12 nitrogen and oxygen atoms in total. The van der Waals surface area contributed by atoms with Crippen LogP contribution in [-0.2, 0) is 5.79 Å². The topological polar surface area (TPSA) is 168 Å². The smallest absolute Gasteiger partial charge is 0.252 e. The van der Waals surface area contributed by atoms with E-state index in [1.54, 1.807) is 0 Å². The molecule has 0 aliphatic heterocycles. The van der Waals surface area contributed by atoms with Crippen LogP contribution in [-0.4, -0.2) is 29.7 Å². The van der Waals surface area contributed by atoms with Gasteiger partial charge in [-0.3, -0.25) is 30.3 Å². The van der Waals surface area contributed by atoms with Gasteiger partial charge in [0.2, 0.25) is 0 Å². The summed E-state index contributed by atoms with van der Waals surface area (Å²) in [6.45, 7) is 0. The molecule has 12 heteroatoms. The molecule has 1 aromatic heterocycles. The normalized spacial score (nSPS) is 10.8. The molecule has 0 amide bonds. The Bertz CT molecular complexity index is 410. The molecule has 0 aromatic carbocycles. The molecule has 0 unspecified atom stereocenters. The summed E-state index contributed by atoms with van der Waals surface area (Å²) in [4.78, 5) is 35.9. The third-order valence-electron chi connectivity index (χ3n) is 1.56. The SMILES string of the molecule is O=[N+]([O-])C(c1ncncn1)([N+](=O)[O-])[N+](=O)[O-]. The number of nitrogens with zero attached hydrogens (tertiary/aromatic N) is 6. The molecule has 0 radical (unpaired) electrons. The molecule has 16 heavy (non-hydrogen) atoms. The van der Waals surface area contributed by atoms with Crippen molar-refractivity contribution in [3.8, 4) is 0 Å². The lowest BCUT2D eigenvalue weighted by Crippen LogP contribution is -2.51. The van der Waals surface area contributed by atoms with Crippen LogP contribution in [0.2, 0.25) is 0 Å². The maximum Gasteiger partial charge on any atom is 0.763 e. The Morgan fingerprint density at radius 2 is 1.31 bits per heavy atom. The molecular weight excluding hydrogens is 228 g/mol. The van der Waals surface area contributed by atoms with E-state index in [2.05, 4.69) is 15.0 Å². The molecule has 84 valence electrons. The number of hydrogen-bond acceptors (Lipinski definition) is 9. The van der Waals surface area contributed by atoms with E-state index < -0.39 is 26.4 Å². The van der Waals surface area contributed by atoms with Gasteiger partial charge in [0.25, 0.3) is 0 Å². The van der Waals surface area contributed by atoms with Crippen LogP contribution in [0.4, 0.5) is 0 Å². The summed E-state index contributed by atoms with van der Waals surface area (Å²) >= 11 is 0. The molecule has 0 saturated carbocycles. The molecule has 0 fully saturated rings. The van der Waals surface area contributed by atoms with E-state index >= 15 is 0 Å². The number of rotatable bonds is 4. The molecule has 1 heterocycles. The number of aromatic nitrogens is 3. The lowest BCUT2D eigenvalue weighted by atomic mass is 10.3. The first-order chi connectivity index (χ1) is 7.44. The van der Waals surface area contributed by atoms with Crippen LogP contribution in [0.5, 0.6) is 0 Å². The summed E-state index contributed by atoms with van der Waals surface area (Å²) in [6.07, 6.45) is 1.38. The number of hydrogen-bond donors (Lipinski definition) is 0. The monoisotopic (exact) mass is 230 g/mol. The van der Waals surface area contributed by atoms with Crippen molar-refractivity contribution in [1.29, 1.82) is 0 Å². The van der Waals surface area contributed by atoms with Crippen molar-refractivity contribution in [2.24, 2.45) is 0 Å². The third kappa shape index (κ3) is 1.37.